The van der Waals surface area contributed by atoms with Crippen LogP contribution < -0.4 is 0 Å². The maximum absolute atomic E-state index is 6.31. The first-order valence-corrected chi connectivity index (χ1v) is 19.5. The lowest BCUT2D eigenvalue weighted by Crippen LogP contribution is -2.02. The first-order valence-electron chi connectivity index (χ1n) is 19.5. The van der Waals surface area contributed by atoms with Gasteiger partial charge in [0.25, 0.3) is 0 Å². The van der Waals surface area contributed by atoms with Crippen molar-refractivity contribution in [2.45, 2.75) is 0 Å². The summed E-state index contributed by atoms with van der Waals surface area (Å²) >= 11 is 0. The lowest BCUT2D eigenvalue weighted by atomic mass is 9.98. The van der Waals surface area contributed by atoms with Crippen LogP contribution in [0.25, 0.3) is 116 Å². The molecule has 0 spiro atoms. The molecular weight excluding hydrogens is 709 g/mol. The van der Waals surface area contributed by atoms with Crippen LogP contribution in [0, 0.1) is 0 Å². The molecule has 0 amide bonds. The molecule has 0 aliphatic carbocycles. The predicted octanol–water partition coefficient (Wildman–Crippen LogP) is 13.8. The van der Waals surface area contributed by atoms with Crippen molar-refractivity contribution in [2.75, 3.05) is 0 Å². The molecule has 9 aromatic carbocycles. The van der Waals surface area contributed by atoms with Gasteiger partial charge in [0.15, 0.2) is 17.5 Å². The summed E-state index contributed by atoms with van der Waals surface area (Å²) in [5, 5.41) is 9.47. The number of fused-ring (bicyclic) bond motifs is 9. The van der Waals surface area contributed by atoms with Gasteiger partial charge in [-0.15, -0.1) is 0 Å². The Morgan fingerprint density at radius 1 is 0.345 bits per heavy atom. The van der Waals surface area contributed by atoms with E-state index in [-0.39, 0.29) is 0 Å². The second-order valence-corrected chi connectivity index (χ2v) is 14.8. The van der Waals surface area contributed by atoms with Crippen molar-refractivity contribution in [3.8, 4) is 51.0 Å². The fourth-order valence-electron chi connectivity index (χ4n) is 8.66. The van der Waals surface area contributed by atoms with Crippen LogP contribution in [0.3, 0.4) is 0 Å². The minimum Gasteiger partial charge on any atom is -0.456 e. The minimum atomic E-state index is 0.606. The number of rotatable bonds is 5. The van der Waals surface area contributed by atoms with E-state index in [1.807, 2.05) is 72.8 Å². The van der Waals surface area contributed by atoms with Gasteiger partial charge in [-0.05, 0) is 81.7 Å². The quantitative estimate of drug-likeness (QED) is 0.176. The Morgan fingerprint density at radius 3 is 1.67 bits per heavy atom. The molecule has 0 aliphatic heterocycles. The molecule has 58 heavy (non-hydrogen) atoms. The molecular formula is C53H32N4O. The Hall–Kier alpha value is -7.89. The average Bonchev–Trinajstić information content (AvgIpc) is 3.83. The van der Waals surface area contributed by atoms with Crippen LogP contribution in [0.2, 0.25) is 0 Å². The average molecular weight is 741 g/mol. The molecule has 3 aromatic heterocycles. The fraction of sp³-hybridized carbons (Fsp3) is 0. The molecule has 0 unspecified atom stereocenters. The number of para-hydroxylation sites is 1. The van der Waals surface area contributed by atoms with E-state index >= 15 is 0 Å². The number of nitrogens with zero attached hydrogens (tertiary/aromatic N) is 4. The molecule has 12 aromatic rings. The number of hydrogen-bond acceptors (Lipinski definition) is 4. The van der Waals surface area contributed by atoms with Crippen LogP contribution in [0.4, 0.5) is 0 Å². The Labute approximate surface area is 333 Å². The number of benzene rings is 9. The second kappa shape index (κ2) is 12.8. The Morgan fingerprint density at radius 2 is 0.931 bits per heavy atom. The van der Waals surface area contributed by atoms with E-state index in [9.17, 15) is 0 Å². The van der Waals surface area contributed by atoms with Crippen LogP contribution in [-0.2, 0) is 0 Å². The largest absolute Gasteiger partial charge is 0.456 e. The summed E-state index contributed by atoms with van der Waals surface area (Å²) in [6.07, 6.45) is 0. The van der Waals surface area contributed by atoms with Crippen molar-refractivity contribution < 1.29 is 4.42 Å². The van der Waals surface area contributed by atoms with Crippen LogP contribution in [0.1, 0.15) is 0 Å². The van der Waals surface area contributed by atoms with E-state index in [0.717, 1.165) is 66.5 Å². The summed E-state index contributed by atoms with van der Waals surface area (Å²) in [5.74, 6) is 1.86. The number of hydrogen-bond donors (Lipinski definition) is 0. The van der Waals surface area contributed by atoms with Crippen LogP contribution >= 0.6 is 0 Å². The molecule has 3 heterocycles. The van der Waals surface area contributed by atoms with Gasteiger partial charge in [-0.1, -0.05) is 140 Å². The molecule has 0 N–H and O–H groups in total. The number of furan rings is 1. The molecule has 0 saturated heterocycles. The maximum Gasteiger partial charge on any atom is 0.164 e. The zero-order valence-electron chi connectivity index (χ0n) is 31.2. The summed E-state index contributed by atoms with van der Waals surface area (Å²) in [7, 11) is 0. The van der Waals surface area contributed by atoms with Gasteiger partial charge in [-0.25, -0.2) is 15.0 Å². The van der Waals surface area contributed by atoms with Crippen molar-refractivity contribution in [1.29, 1.82) is 0 Å². The van der Waals surface area contributed by atoms with E-state index in [4.69, 9.17) is 19.4 Å². The third kappa shape index (κ3) is 5.14. The third-order valence-electron chi connectivity index (χ3n) is 11.4. The van der Waals surface area contributed by atoms with E-state index in [0.29, 0.717) is 17.5 Å². The van der Waals surface area contributed by atoms with Gasteiger partial charge in [0.1, 0.15) is 11.2 Å². The molecule has 0 saturated carbocycles. The maximum atomic E-state index is 6.31. The van der Waals surface area contributed by atoms with Crippen molar-refractivity contribution in [3.63, 3.8) is 0 Å². The fourth-order valence-corrected chi connectivity index (χ4v) is 8.66. The molecule has 0 aliphatic rings. The molecule has 5 heteroatoms. The van der Waals surface area contributed by atoms with Gasteiger partial charge >= 0.3 is 0 Å². The summed E-state index contributed by atoms with van der Waals surface area (Å²) < 4.78 is 8.76. The minimum absolute atomic E-state index is 0.606. The monoisotopic (exact) mass is 740 g/mol. The van der Waals surface area contributed by atoms with Crippen molar-refractivity contribution in [2.24, 2.45) is 0 Å². The molecule has 0 bridgehead atoms. The molecule has 12 rings (SSSR count). The van der Waals surface area contributed by atoms with Gasteiger partial charge in [-0.2, -0.15) is 0 Å². The molecule has 0 fully saturated rings. The lowest BCUT2D eigenvalue weighted by Gasteiger charge is -2.17. The van der Waals surface area contributed by atoms with Gasteiger partial charge in [0.05, 0.1) is 16.7 Å². The first kappa shape index (κ1) is 32.4. The summed E-state index contributed by atoms with van der Waals surface area (Å²) in [4.78, 5) is 15.2. The van der Waals surface area contributed by atoms with E-state index < -0.39 is 0 Å². The zero-order chi connectivity index (χ0) is 38.2. The number of aromatic nitrogens is 4. The predicted molar refractivity (Wildman–Crippen MR) is 238 cm³/mol. The zero-order valence-corrected chi connectivity index (χ0v) is 31.2. The molecule has 0 radical (unpaired) electrons. The van der Waals surface area contributed by atoms with E-state index in [1.165, 1.54) is 32.3 Å². The van der Waals surface area contributed by atoms with Gasteiger partial charge in [0, 0.05) is 43.8 Å². The van der Waals surface area contributed by atoms with Crippen LogP contribution in [0.15, 0.2) is 199 Å². The SMILES string of the molecule is c1ccc(-c2nc(-c3ccccc3)nc(-c3ccc(-n4c5cc6ccccc6cc5c5c6ccccc6ccc54)c(-c4ccc5oc6ccccc6c5c4)c3)n2)cc1. The molecule has 270 valence electrons. The topological polar surface area (TPSA) is 56.7 Å². The van der Waals surface area contributed by atoms with Gasteiger partial charge in [-0.3, -0.25) is 0 Å². The van der Waals surface area contributed by atoms with Crippen LogP contribution in [-0.4, -0.2) is 19.5 Å². The Bertz CT molecular complexity index is 3510. The van der Waals surface area contributed by atoms with Crippen molar-refractivity contribution >= 4 is 65.3 Å². The summed E-state index contributed by atoms with van der Waals surface area (Å²) in [5.41, 5.74) is 9.95. The Balaban J connectivity index is 1.17. The van der Waals surface area contributed by atoms with Crippen molar-refractivity contribution in [1.82, 2.24) is 19.5 Å². The van der Waals surface area contributed by atoms with Crippen molar-refractivity contribution in [3.05, 3.63) is 194 Å². The highest BCUT2D eigenvalue weighted by Crippen LogP contribution is 2.43. The highest BCUT2D eigenvalue weighted by Gasteiger charge is 2.21. The van der Waals surface area contributed by atoms with Gasteiger partial charge < -0.3 is 8.98 Å². The third-order valence-corrected chi connectivity index (χ3v) is 11.4. The van der Waals surface area contributed by atoms with Gasteiger partial charge in [0.2, 0.25) is 0 Å². The van der Waals surface area contributed by atoms with Crippen LogP contribution in [0.5, 0.6) is 0 Å². The smallest absolute Gasteiger partial charge is 0.164 e. The first-order chi connectivity index (χ1) is 28.7. The molecule has 0 atom stereocenters. The highest BCUT2D eigenvalue weighted by atomic mass is 16.3. The lowest BCUT2D eigenvalue weighted by molar-refractivity contribution is 0.669. The Kier molecular flexibility index (Phi) is 7.16. The van der Waals surface area contributed by atoms with E-state index in [2.05, 4.69) is 126 Å². The van der Waals surface area contributed by atoms with E-state index in [1.54, 1.807) is 0 Å². The summed E-state index contributed by atoms with van der Waals surface area (Å²) in [6.45, 7) is 0. The molecule has 5 nitrogen and oxygen atoms in total. The normalized spacial score (nSPS) is 11.8. The second-order valence-electron chi connectivity index (χ2n) is 14.8. The highest BCUT2D eigenvalue weighted by molar-refractivity contribution is 6.23. The summed E-state index contributed by atoms with van der Waals surface area (Å²) in [6, 6.07) is 68.2. The standard InChI is InChI=1S/C53H32N4O/c1-3-14-34(15-4-1)51-54-52(35-16-5-2-6-17-35)56-53(55-51)39-24-26-45(42(31-39)38-25-28-49-43(30-38)41-21-11-12-22-48(41)58-49)57-46-27-23-33-13-9-10-20-40(33)50(46)44-29-36-18-7-8-19-37(36)32-47(44)57/h1-32H.